The molecule has 0 bridgehead atoms. The Kier molecular flexibility index (Phi) is 4.84. The molecule has 23 heavy (non-hydrogen) atoms. The Labute approximate surface area is 143 Å². The average molecular weight is 355 g/mol. The van der Waals surface area contributed by atoms with Crippen molar-refractivity contribution in [2.75, 3.05) is 13.1 Å². The molecule has 0 spiro atoms. The number of hydrogen-bond donors (Lipinski definition) is 1. The molecule has 1 N–H and O–H groups in total. The first-order valence-electron chi connectivity index (χ1n) is 7.35. The summed E-state index contributed by atoms with van der Waals surface area (Å²) in [7, 11) is 0. The Bertz CT molecular complexity index is 719. The minimum absolute atomic E-state index is 0.304. The van der Waals surface area contributed by atoms with Gasteiger partial charge in [-0.1, -0.05) is 34.5 Å². The number of hydrogen-bond acceptors (Lipinski definition) is 4. The van der Waals surface area contributed by atoms with Crippen LogP contribution < -0.4 is 0 Å². The van der Waals surface area contributed by atoms with Crippen LogP contribution in [0, 0.1) is 5.92 Å². The molecule has 0 aliphatic carbocycles. The summed E-state index contributed by atoms with van der Waals surface area (Å²) < 4.78 is 1.59. The second-order valence-electron chi connectivity index (χ2n) is 5.64. The summed E-state index contributed by atoms with van der Waals surface area (Å²) in [6.07, 6.45) is 3.41. The number of likely N-dealkylation sites (tertiary alicyclic amines) is 1. The molecule has 6 nitrogen and oxygen atoms in total. The zero-order chi connectivity index (χ0) is 16.4. The maximum absolute atomic E-state index is 11.1. The Hall–Kier alpha value is -1.63. The fourth-order valence-corrected chi connectivity index (χ4v) is 3.17. The number of nitrogens with zero attached hydrogens (tertiary/aromatic N) is 4. The van der Waals surface area contributed by atoms with Crippen molar-refractivity contribution in [2.45, 2.75) is 19.4 Å². The van der Waals surface area contributed by atoms with E-state index in [2.05, 4.69) is 15.2 Å². The topological polar surface area (TPSA) is 71.2 Å². The van der Waals surface area contributed by atoms with E-state index in [0.29, 0.717) is 28.8 Å². The van der Waals surface area contributed by atoms with Crippen LogP contribution in [0.25, 0.3) is 5.69 Å². The van der Waals surface area contributed by atoms with Crippen molar-refractivity contribution >= 4 is 29.2 Å². The molecule has 122 valence electrons. The number of carboxylic acids is 1. The number of benzene rings is 1. The standard InChI is InChI=1S/C15H16Cl2N4O2/c16-12-4-1-5-13(14(12)17)21-9-11(18-19-21)8-20-6-2-3-10(7-20)15(22)23/h1,4-5,9-10H,2-3,6-8H2,(H,22,23). The highest BCUT2D eigenvalue weighted by Gasteiger charge is 2.25. The third-order valence-corrected chi connectivity index (χ3v) is 4.77. The highest BCUT2D eigenvalue weighted by atomic mass is 35.5. The van der Waals surface area contributed by atoms with Crippen molar-refractivity contribution in [3.8, 4) is 5.69 Å². The highest BCUT2D eigenvalue weighted by Crippen LogP contribution is 2.28. The molecule has 1 aliphatic rings. The number of rotatable bonds is 4. The van der Waals surface area contributed by atoms with Crippen molar-refractivity contribution in [2.24, 2.45) is 5.92 Å². The lowest BCUT2D eigenvalue weighted by atomic mass is 9.98. The van der Waals surface area contributed by atoms with Gasteiger partial charge < -0.3 is 5.11 Å². The van der Waals surface area contributed by atoms with Gasteiger partial charge in [0.2, 0.25) is 0 Å². The molecule has 1 aliphatic heterocycles. The molecule has 1 fully saturated rings. The fourth-order valence-electron chi connectivity index (χ4n) is 2.79. The van der Waals surface area contributed by atoms with Crippen molar-refractivity contribution in [1.82, 2.24) is 19.9 Å². The molecule has 1 aromatic heterocycles. The van der Waals surface area contributed by atoms with Crippen molar-refractivity contribution in [1.29, 1.82) is 0 Å². The zero-order valence-corrected chi connectivity index (χ0v) is 13.8. The first-order valence-corrected chi connectivity index (χ1v) is 8.11. The number of halogens is 2. The molecule has 3 rings (SSSR count). The number of carboxylic acid groups (broad SMARTS) is 1. The molecule has 0 saturated carbocycles. The number of piperidine rings is 1. The SMILES string of the molecule is O=C(O)C1CCCN(Cc2cn(-c3cccc(Cl)c3Cl)nn2)C1. The molecule has 1 unspecified atom stereocenters. The van der Waals surface area contributed by atoms with Gasteiger partial charge in [0.1, 0.15) is 0 Å². The Morgan fingerprint density at radius 1 is 1.39 bits per heavy atom. The maximum Gasteiger partial charge on any atom is 0.307 e. The molecule has 0 amide bonds. The van der Waals surface area contributed by atoms with Gasteiger partial charge >= 0.3 is 5.97 Å². The van der Waals surface area contributed by atoms with Gasteiger partial charge in [-0.05, 0) is 31.5 Å². The van der Waals surface area contributed by atoms with Crippen molar-refractivity contribution in [3.05, 3.63) is 40.1 Å². The minimum atomic E-state index is -0.732. The van der Waals surface area contributed by atoms with E-state index in [0.717, 1.165) is 25.1 Å². The van der Waals surface area contributed by atoms with Crippen LogP contribution in [0.5, 0.6) is 0 Å². The van der Waals surface area contributed by atoms with E-state index in [9.17, 15) is 4.79 Å². The molecule has 2 aromatic rings. The molecule has 1 saturated heterocycles. The minimum Gasteiger partial charge on any atom is -0.481 e. The predicted molar refractivity (Wildman–Crippen MR) is 87.0 cm³/mol. The van der Waals surface area contributed by atoms with Gasteiger partial charge in [0, 0.05) is 13.1 Å². The van der Waals surface area contributed by atoms with Crippen LogP contribution in [0.1, 0.15) is 18.5 Å². The van der Waals surface area contributed by atoms with Gasteiger partial charge in [-0.15, -0.1) is 5.10 Å². The van der Waals surface area contributed by atoms with Crippen LogP contribution in [0.4, 0.5) is 0 Å². The first kappa shape index (κ1) is 16.2. The summed E-state index contributed by atoms with van der Waals surface area (Å²) in [5, 5.41) is 18.3. The molecular formula is C15H16Cl2N4O2. The molecular weight excluding hydrogens is 339 g/mol. The fraction of sp³-hybridized carbons (Fsp3) is 0.400. The van der Waals surface area contributed by atoms with Crippen LogP contribution in [0.15, 0.2) is 24.4 Å². The van der Waals surface area contributed by atoms with Gasteiger partial charge in [-0.2, -0.15) is 0 Å². The largest absolute Gasteiger partial charge is 0.481 e. The van der Waals surface area contributed by atoms with E-state index in [1.165, 1.54) is 0 Å². The summed E-state index contributed by atoms with van der Waals surface area (Å²) in [6, 6.07) is 5.33. The summed E-state index contributed by atoms with van der Waals surface area (Å²) in [5.74, 6) is -1.04. The average Bonchev–Trinajstić information content (AvgIpc) is 2.98. The summed E-state index contributed by atoms with van der Waals surface area (Å²) in [4.78, 5) is 13.2. The summed E-state index contributed by atoms with van der Waals surface area (Å²) >= 11 is 12.2. The van der Waals surface area contributed by atoms with E-state index in [1.54, 1.807) is 23.0 Å². The number of aromatic nitrogens is 3. The zero-order valence-electron chi connectivity index (χ0n) is 12.3. The Morgan fingerprint density at radius 2 is 2.22 bits per heavy atom. The quantitative estimate of drug-likeness (QED) is 0.913. The smallest absolute Gasteiger partial charge is 0.307 e. The van der Waals surface area contributed by atoms with Crippen molar-refractivity contribution < 1.29 is 9.90 Å². The number of carbonyl (C=O) groups is 1. The number of aliphatic carboxylic acids is 1. The predicted octanol–water partition coefficient (Wildman–Crippen LogP) is 2.87. The Morgan fingerprint density at radius 3 is 3.00 bits per heavy atom. The van der Waals surface area contributed by atoms with Gasteiger partial charge in [-0.25, -0.2) is 4.68 Å². The van der Waals surface area contributed by atoms with E-state index in [4.69, 9.17) is 28.3 Å². The molecule has 8 heteroatoms. The van der Waals surface area contributed by atoms with Gasteiger partial charge in [0.25, 0.3) is 0 Å². The highest BCUT2D eigenvalue weighted by molar-refractivity contribution is 6.43. The van der Waals surface area contributed by atoms with E-state index in [-0.39, 0.29) is 5.92 Å². The third-order valence-electron chi connectivity index (χ3n) is 3.96. The maximum atomic E-state index is 11.1. The Balaban J connectivity index is 1.72. The lowest BCUT2D eigenvalue weighted by Gasteiger charge is -2.29. The summed E-state index contributed by atoms with van der Waals surface area (Å²) in [5.41, 5.74) is 1.44. The van der Waals surface area contributed by atoms with Crippen LogP contribution >= 0.6 is 23.2 Å². The lowest BCUT2D eigenvalue weighted by Crippen LogP contribution is -2.38. The second-order valence-corrected chi connectivity index (χ2v) is 6.43. The second kappa shape index (κ2) is 6.86. The lowest BCUT2D eigenvalue weighted by molar-refractivity contribution is -0.143. The molecule has 1 atom stereocenters. The van der Waals surface area contributed by atoms with E-state index in [1.807, 2.05) is 6.07 Å². The van der Waals surface area contributed by atoms with E-state index < -0.39 is 5.97 Å². The van der Waals surface area contributed by atoms with Gasteiger partial charge in [0.05, 0.1) is 33.5 Å². The van der Waals surface area contributed by atoms with Crippen LogP contribution in [0.2, 0.25) is 10.0 Å². The third kappa shape index (κ3) is 3.65. The first-order chi connectivity index (χ1) is 11.0. The van der Waals surface area contributed by atoms with Crippen LogP contribution in [0.3, 0.4) is 0 Å². The molecule has 1 aromatic carbocycles. The molecule has 0 radical (unpaired) electrons. The van der Waals surface area contributed by atoms with Gasteiger partial charge in [0.15, 0.2) is 0 Å². The monoisotopic (exact) mass is 354 g/mol. The normalized spacial score (nSPS) is 19.0. The van der Waals surface area contributed by atoms with Crippen LogP contribution in [-0.4, -0.2) is 44.1 Å². The van der Waals surface area contributed by atoms with Crippen LogP contribution in [-0.2, 0) is 11.3 Å². The van der Waals surface area contributed by atoms with Gasteiger partial charge in [-0.3, -0.25) is 9.69 Å². The molecule has 2 heterocycles. The van der Waals surface area contributed by atoms with E-state index >= 15 is 0 Å². The summed E-state index contributed by atoms with van der Waals surface area (Å²) in [6.45, 7) is 1.98. The van der Waals surface area contributed by atoms with Crippen molar-refractivity contribution in [3.63, 3.8) is 0 Å².